The number of benzene rings is 1. The molecule has 78 valence electrons. The molecule has 1 N–H and O–H groups in total. The van der Waals surface area contributed by atoms with Crippen LogP contribution in [0.5, 0.6) is 0 Å². The third-order valence-electron chi connectivity index (χ3n) is 2.55. The maximum Gasteiger partial charge on any atom is 0.0462 e. The maximum absolute atomic E-state index is 9.09. The lowest BCUT2D eigenvalue weighted by molar-refractivity contribution is 0.222. The fourth-order valence-corrected chi connectivity index (χ4v) is 1.78. The van der Waals surface area contributed by atoms with E-state index in [0.29, 0.717) is 5.92 Å². The summed E-state index contributed by atoms with van der Waals surface area (Å²) < 4.78 is 0. The molecule has 14 heavy (non-hydrogen) atoms. The van der Waals surface area contributed by atoms with Gasteiger partial charge in [-0.2, -0.15) is 0 Å². The molecule has 2 heteroatoms. The van der Waals surface area contributed by atoms with Crippen LogP contribution in [0.4, 0.5) is 0 Å². The zero-order chi connectivity index (χ0) is 10.6. The number of aliphatic hydroxyl groups is 1. The molecular formula is C12H17ClO. The molecule has 0 radical (unpaired) electrons. The number of aryl methyl sites for hydroxylation is 1. The Bertz CT molecular complexity index is 292. The van der Waals surface area contributed by atoms with Gasteiger partial charge in [0.25, 0.3) is 0 Å². The molecule has 0 aliphatic rings. The van der Waals surface area contributed by atoms with Crippen molar-refractivity contribution >= 4 is 11.6 Å². The van der Waals surface area contributed by atoms with Crippen molar-refractivity contribution in [3.05, 3.63) is 34.3 Å². The second kappa shape index (κ2) is 5.38. The van der Waals surface area contributed by atoms with Crippen LogP contribution in [-0.4, -0.2) is 11.7 Å². The maximum atomic E-state index is 9.09. The Labute approximate surface area is 90.7 Å². The van der Waals surface area contributed by atoms with Crippen LogP contribution in [0.15, 0.2) is 18.2 Å². The zero-order valence-corrected chi connectivity index (χ0v) is 9.51. The molecule has 1 rings (SSSR count). The van der Waals surface area contributed by atoms with Gasteiger partial charge in [-0.3, -0.25) is 0 Å². The first-order valence-corrected chi connectivity index (χ1v) is 5.41. The molecule has 0 aliphatic carbocycles. The highest BCUT2D eigenvalue weighted by Crippen LogP contribution is 2.21. The smallest absolute Gasteiger partial charge is 0.0462 e. The highest BCUT2D eigenvalue weighted by atomic mass is 35.5. The van der Waals surface area contributed by atoms with Gasteiger partial charge < -0.3 is 5.11 Å². The van der Waals surface area contributed by atoms with E-state index in [2.05, 4.69) is 19.1 Å². The molecule has 0 amide bonds. The van der Waals surface area contributed by atoms with E-state index in [1.54, 1.807) is 0 Å². The summed E-state index contributed by atoms with van der Waals surface area (Å²) in [6, 6.07) is 6.09. The lowest BCUT2D eigenvalue weighted by atomic mass is 9.97. The minimum atomic E-state index is 0.237. The van der Waals surface area contributed by atoms with Crippen molar-refractivity contribution in [3.8, 4) is 0 Å². The lowest BCUT2D eigenvalue weighted by Gasteiger charge is -2.12. The fraction of sp³-hybridized carbons (Fsp3) is 0.500. The molecule has 1 unspecified atom stereocenters. The fourth-order valence-electron chi connectivity index (χ4n) is 1.47. The van der Waals surface area contributed by atoms with Crippen molar-refractivity contribution in [2.24, 2.45) is 5.92 Å². The Balaban J connectivity index is 2.76. The van der Waals surface area contributed by atoms with Crippen molar-refractivity contribution in [2.75, 3.05) is 6.61 Å². The van der Waals surface area contributed by atoms with Crippen molar-refractivity contribution in [1.82, 2.24) is 0 Å². The molecule has 1 aromatic rings. The van der Waals surface area contributed by atoms with Gasteiger partial charge in [-0.1, -0.05) is 37.1 Å². The van der Waals surface area contributed by atoms with Crippen molar-refractivity contribution in [3.63, 3.8) is 0 Å². The van der Waals surface area contributed by atoms with E-state index in [9.17, 15) is 0 Å². The average molecular weight is 213 g/mol. The van der Waals surface area contributed by atoms with Crippen LogP contribution in [-0.2, 0) is 6.42 Å². The van der Waals surface area contributed by atoms with E-state index in [1.165, 1.54) is 5.56 Å². The quantitative estimate of drug-likeness (QED) is 0.813. The molecule has 1 aromatic carbocycles. The van der Waals surface area contributed by atoms with Crippen molar-refractivity contribution in [2.45, 2.75) is 26.7 Å². The lowest BCUT2D eigenvalue weighted by Crippen LogP contribution is -2.08. The number of aliphatic hydroxyl groups excluding tert-OH is 1. The van der Waals surface area contributed by atoms with Crippen molar-refractivity contribution < 1.29 is 5.11 Å². The van der Waals surface area contributed by atoms with E-state index in [0.717, 1.165) is 23.4 Å². The standard InChI is InChI=1S/C12H17ClO/c1-3-10(8-14)7-11-5-4-9(2)6-12(11)13/h4-6,10,14H,3,7-8H2,1-2H3. The molecule has 0 aromatic heterocycles. The molecule has 0 bridgehead atoms. The Kier molecular flexibility index (Phi) is 4.43. The number of rotatable bonds is 4. The van der Waals surface area contributed by atoms with Gasteiger partial charge in [0.15, 0.2) is 0 Å². The molecule has 1 nitrogen and oxygen atoms in total. The van der Waals surface area contributed by atoms with E-state index in [4.69, 9.17) is 16.7 Å². The van der Waals surface area contributed by atoms with Crippen LogP contribution in [0, 0.1) is 12.8 Å². The Morgan fingerprint density at radius 3 is 2.64 bits per heavy atom. The molecule has 0 aliphatic heterocycles. The summed E-state index contributed by atoms with van der Waals surface area (Å²) in [7, 11) is 0. The van der Waals surface area contributed by atoms with Crippen LogP contribution < -0.4 is 0 Å². The van der Waals surface area contributed by atoms with Crippen LogP contribution >= 0.6 is 11.6 Å². The minimum Gasteiger partial charge on any atom is -0.396 e. The first kappa shape index (κ1) is 11.5. The highest BCUT2D eigenvalue weighted by Gasteiger charge is 2.08. The molecule has 1 atom stereocenters. The summed E-state index contributed by atoms with van der Waals surface area (Å²) in [5.74, 6) is 0.329. The normalized spacial score (nSPS) is 12.9. The summed E-state index contributed by atoms with van der Waals surface area (Å²) in [5.41, 5.74) is 2.31. The van der Waals surface area contributed by atoms with Gasteiger partial charge in [-0.15, -0.1) is 0 Å². The van der Waals surface area contributed by atoms with Crippen LogP contribution in [0.25, 0.3) is 0 Å². The van der Waals surface area contributed by atoms with Gasteiger partial charge in [0.1, 0.15) is 0 Å². The summed E-state index contributed by atoms with van der Waals surface area (Å²) in [6.07, 6.45) is 1.85. The molecule has 0 spiro atoms. The number of halogens is 1. The first-order valence-electron chi connectivity index (χ1n) is 5.03. The topological polar surface area (TPSA) is 20.2 Å². The second-order valence-corrected chi connectivity index (χ2v) is 4.16. The summed E-state index contributed by atoms with van der Waals surface area (Å²) >= 11 is 6.11. The van der Waals surface area contributed by atoms with E-state index < -0.39 is 0 Å². The third-order valence-corrected chi connectivity index (χ3v) is 2.90. The van der Waals surface area contributed by atoms with Crippen LogP contribution in [0.3, 0.4) is 0 Å². The highest BCUT2D eigenvalue weighted by molar-refractivity contribution is 6.31. The van der Waals surface area contributed by atoms with E-state index in [1.807, 2.05) is 13.0 Å². The summed E-state index contributed by atoms with van der Waals surface area (Å²) in [5, 5.41) is 9.91. The SMILES string of the molecule is CCC(CO)Cc1ccc(C)cc1Cl. The van der Waals surface area contributed by atoms with Gasteiger partial charge >= 0.3 is 0 Å². The predicted molar refractivity (Wildman–Crippen MR) is 60.8 cm³/mol. The Morgan fingerprint density at radius 1 is 1.43 bits per heavy atom. The molecule has 0 heterocycles. The van der Waals surface area contributed by atoms with Crippen LogP contribution in [0.2, 0.25) is 5.02 Å². The molecule has 0 saturated carbocycles. The van der Waals surface area contributed by atoms with Crippen LogP contribution in [0.1, 0.15) is 24.5 Å². The number of hydrogen-bond donors (Lipinski definition) is 1. The molecule has 0 fully saturated rings. The number of hydrogen-bond acceptors (Lipinski definition) is 1. The average Bonchev–Trinajstić information content (AvgIpc) is 2.17. The van der Waals surface area contributed by atoms with Gasteiger partial charge in [-0.25, -0.2) is 0 Å². The largest absolute Gasteiger partial charge is 0.396 e. The van der Waals surface area contributed by atoms with Crippen molar-refractivity contribution in [1.29, 1.82) is 0 Å². The Morgan fingerprint density at radius 2 is 2.14 bits per heavy atom. The van der Waals surface area contributed by atoms with Gasteiger partial charge in [0.2, 0.25) is 0 Å². The van der Waals surface area contributed by atoms with Gasteiger partial charge in [0, 0.05) is 11.6 Å². The van der Waals surface area contributed by atoms with Gasteiger partial charge in [-0.05, 0) is 36.5 Å². The minimum absolute atomic E-state index is 0.237. The van der Waals surface area contributed by atoms with E-state index in [-0.39, 0.29) is 6.61 Å². The third kappa shape index (κ3) is 3.00. The predicted octanol–water partition coefficient (Wildman–Crippen LogP) is 3.21. The summed E-state index contributed by atoms with van der Waals surface area (Å²) in [6.45, 7) is 4.35. The van der Waals surface area contributed by atoms with Gasteiger partial charge in [0.05, 0.1) is 0 Å². The molecule has 0 saturated heterocycles. The zero-order valence-electron chi connectivity index (χ0n) is 8.76. The Hall–Kier alpha value is -0.530. The summed E-state index contributed by atoms with van der Waals surface area (Å²) in [4.78, 5) is 0. The first-order chi connectivity index (χ1) is 6.67. The molecular weight excluding hydrogens is 196 g/mol. The monoisotopic (exact) mass is 212 g/mol. The second-order valence-electron chi connectivity index (χ2n) is 3.76. The van der Waals surface area contributed by atoms with E-state index >= 15 is 0 Å².